The van der Waals surface area contributed by atoms with Gasteiger partial charge in [0.2, 0.25) is 5.91 Å². The van der Waals surface area contributed by atoms with Crippen molar-refractivity contribution < 1.29 is 32.2 Å². The highest BCUT2D eigenvalue weighted by Crippen LogP contribution is 2.33. The van der Waals surface area contributed by atoms with E-state index in [0.717, 1.165) is 4.31 Å². The number of halogens is 1. The lowest BCUT2D eigenvalue weighted by molar-refractivity contribution is -0.120. The van der Waals surface area contributed by atoms with Gasteiger partial charge in [0.25, 0.3) is 10.0 Å². The molecule has 0 fully saturated rings. The number of sulfonamides is 1. The third kappa shape index (κ3) is 5.60. The molecular weight excluding hydrogens is 508 g/mol. The smallest absolute Gasteiger partial charge is 0.264 e. The highest BCUT2D eigenvalue weighted by Gasteiger charge is 2.29. The van der Waals surface area contributed by atoms with Gasteiger partial charge in [0, 0.05) is 11.1 Å². The van der Waals surface area contributed by atoms with Gasteiger partial charge in [-0.1, -0.05) is 23.7 Å². The standard InChI is InChI=1S/C25H25ClN2O7S/c1-32-21-12-11-20(13-24(21)33-2)36(30,31)28(18-9-7-17(26)8-10-18)15-25(29)27-14-19-16-34-22-5-3-4-6-23(22)35-19/h3-13,19H,14-16H2,1-2H3,(H,27,29)/t19-/m1/s1. The molecular formula is C25H25ClN2O7S. The number of fused-ring (bicyclic) bond motifs is 1. The molecule has 4 rings (SSSR count). The van der Waals surface area contributed by atoms with Crippen molar-refractivity contribution in [3.63, 3.8) is 0 Å². The number of methoxy groups -OCH3 is 2. The molecule has 36 heavy (non-hydrogen) atoms. The second kappa shape index (κ2) is 11.0. The van der Waals surface area contributed by atoms with Gasteiger partial charge in [-0.25, -0.2) is 8.42 Å². The Bertz CT molecular complexity index is 1330. The summed E-state index contributed by atoms with van der Waals surface area (Å²) < 4.78 is 50.3. The zero-order valence-corrected chi connectivity index (χ0v) is 21.2. The number of anilines is 1. The molecule has 0 bridgehead atoms. The predicted octanol–water partition coefficient (Wildman–Crippen LogP) is 3.51. The van der Waals surface area contributed by atoms with Gasteiger partial charge in [-0.3, -0.25) is 9.10 Å². The maximum Gasteiger partial charge on any atom is 0.264 e. The Morgan fingerprint density at radius 1 is 1.03 bits per heavy atom. The van der Waals surface area contributed by atoms with Crippen LogP contribution in [0.25, 0.3) is 0 Å². The number of carbonyl (C=O) groups excluding carboxylic acids is 1. The maximum absolute atomic E-state index is 13.6. The van der Waals surface area contributed by atoms with Gasteiger partial charge in [0.15, 0.2) is 23.0 Å². The van der Waals surface area contributed by atoms with E-state index in [1.165, 1.54) is 44.6 Å². The van der Waals surface area contributed by atoms with E-state index in [4.69, 9.17) is 30.5 Å². The average molecular weight is 533 g/mol. The number of amides is 1. The zero-order chi connectivity index (χ0) is 25.7. The Morgan fingerprint density at radius 3 is 2.42 bits per heavy atom. The fourth-order valence-corrected chi connectivity index (χ4v) is 5.17. The topological polar surface area (TPSA) is 103 Å². The zero-order valence-electron chi connectivity index (χ0n) is 19.6. The summed E-state index contributed by atoms with van der Waals surface area (Å²) in [6, 6.07) is 17.6. The molecule has 9 nitrogen and oxygen atoms in total. The van der Waals surface area contributed by atoms with Gasteiger partial charge in [0.05, 0.1) is 31.3 Å². The molecule has 0 saturated carbocycles. The van der Waals surface area contributed by atoms with Gasteiger partial charge in [-0.2, -0.15) is 0 Å². The lowest BCUT2D eigenvalue weighted by Gasteiger charge is -2.27. The third-order valence-electron chi connectivity index (χ3n) is 5.44. The fourth-order valence-electron chi connectivity index (χ4n) is 3.60. The Kier molecular flexibility index (Phi) is 7.76. The Balaban J connectivity index is 1.53. The third-order valence-corrected chi connectivity index (χ3v) is 7.46. The number of nitrogens with one attached hydrogen (secondary N) is 1. The van der Waals surface area contributed by atoms with Crippen LogP contribution in [-0.4, -0.2) is 54.3 Å². The number of carbonyl (C=O) groups is 1. The molecule has 11 heteroatoms. The molecule has 0 radical (unpaired) electrons. The van der Waals surface area contributed by atoms with E-state index in [1.54, 1.807) is 24.3 Å². The largest absolute Gasteiger partial charge is 0.493 e. The first-order valence-electron chi connectivity index (χ1n) is 11.0. The van der Waals surface area contributed by atoms with Crippen molar-refractivity contribution in [2.45, 2.75) is 11.0 Å². The molecule has 1 aliphatic rings. The molecule has 0 aromatic heterocycles. The predicted molar refractivity (Wildman–Crippen MR) is 135 cm³/mol. The summed E-state index contributed by atoms with van der Waals surface area (Å²) in [4.78, 5) is 12.8. The second-order valence-electron chi connectivity index (χ2n) is 7.81. The van der Waals surface area contributed by atoms with E-state index in [9.17, 15) is 13.2 Å². The summed E-state index contributed by atoms with van der Waals surface area (Å²) in [5, 5.41) is 3.17. The van der Waals surface area contributed by atoms with Gasteiger partial charge in [-0.15, -0.1) is 0 Å². The van der Waals surface area contributed by atoms with Crippen molar-refractivity contribution in [2.24, 2.45) is 0 Å². The lowest BCUT2D eigenvalue weighted by atomic mass is 10.2. The number of ether oxygens (including phenoxy) is 4. The van der Waals surface area contributed by atoms with Crippen LogP contribution in [0.5, 0.6) is 23.0 Å². The fraction of sp³-hybridized carbons (Fsp3) is 0.240. The van der Waals surface area contributed by atoms with Gasteiger partial charge < -0.3 is 24.3 Å². The quantitative estimate of drug-likeness (QED) is 0.450. The van der Waals surface area contributed by atoms with Crippen molar-refractivity contribution in [3.8, 4) is 23.0 Å². The first-order valence-corrected chi connectivity index (χ1v) is 12.8. The summed E-state index contributed by atoms with van der Waals surface area (Å²) in [6.45, 7) is -0.0807. The number of rotatable bonds is 9. The van der Waals surface area contributed by atoms with Crippen LogP contribution in [0, 0.1) is 0 Å². The molecule has 3 aromatic rings. The van der Waals surface area contributed by atoms with Crippen LogP contribution in [-0.2, 0) is 14.8 Å². The summed E-state index contributed by atoms with van der Waals surface area (Å²) in [7, 11) is -1.30. The van der Waals surface area contributed by atoms with Gasteiger partial charge in [-0.05, 0) is 48.5 Å². The van der Waals surface area contributed by atoms with Gasteiger partial charge in [0.1, 0.15) is 19.3 Å². The maximum atomic E-state index is 13.6. The van der Waals surface area contributed by atoms with E-state index in [2.05, 4.69) is 5.32 Å². The first-order chi connectivity index (χ1) is 17.3. The minimum absolute atomic E-state index is 0.0662. The van der Waals surface area contributed by atoms with Crippen LogP contribution in [0.3, 0.4) is 0 Å². The van der Waals surface area contributed by atoms with E-state index in [1.807, 2.05) is 12.1 Å². The Labute approximate surface area is 214 Å². The van der Waals surface area contributed by atoms with Crippen molar-refractivity contribution in [1.29, 1.82) is 0 Å². The molecule has 0 aliphatic carbocycles. The van der Waals surface area contributed by atoms with Crippen LogP contribution in [0.1, 0.15) is 0 Å². The lowest BCUT2D eigenvalue weighted by Crippen LogP contribution is -2.45. The highest BCUT2D eigenvalue weighted by atomic mass is 35.5. The molecule has 0 saturated heterocycles. The Morgan fingerprint density at radius 2 is 1.72 bits per heavy atom. The number of benzene rings is 3. The van der Waals surface area contributed by atoms with Crippen LogP contribution in [0.2, 0.25) is 5.02 Å². The molecule has 0 unspecified atom stereocenters. The van der Waals surface area contributed by atoms with Crippen LogP contribution in [0.4, 0.5) is 5.69 Å². The number of hydrogen-bond acceptors (Lipinski definition) is 7. The molecule has 1 heterocycles. The van der Waals surface area contributed by atoms with E-state index in [-0.39, 0.29) is 29.5 Å². The Hall–Kier alpha value is -3.63. The van der Waals surface area contributed by atoms with Crippen LogP contribution < -0.4 is 28.6 Å². The second-order valence-corrected chi connectivity index (χ2v) is 10.1. The van der Waals surface area contributed by atoms with Crippen LogP contribution >= 0.6 is 11.6 Å². The normalized spacial score (nSPS) is 14.6. The van der Waals surface area contributed by atoms with Gasteiger partial charge >= 0.3 is 0 Å². The van der Waals surface area contributed by atoms with E-state index >= 15 is 0 Å². The average Bonchev–Trinajstić information content (AvgIpc) is 2.90. The molecule has 0 spiro atoms. The van der Waals surface area contributed by atoms with Crippen molar-refractivity contribution in [1.82, 2.24) is 5.32 Å². The van der Waals surface area contributed by atoms with Crippen LogP contribution in [0.15, 0.2) is 71.6 Å². The molecule has 1 aliphatic heterocycles. The molecule has 1 atom stereocenters. The minimum atomic E-state index is -4.16. The highest BCUT2D eigenvalue weighted by molar-refractivity contribution is 7.92. The molecule has 1 N–H and O–H groups in total. The van der Waals surface area contributed by atoms with Crippen molar-refractivity contribution in [3.05, 3.63) is 71.8 Å². The number of para-hydroxylation sites is 2. The monoisotopic (exact) mass is 532 g/mol. The van der Waals surface area contributed by atoms with Crippen molar-refractivity contribution >= 4 is 33.2 Å². The SMILES string of the molecule is COc1ccc(S(=O)(=O)N(CC(=O)NC[C@@H]2COc3ccccc3O2)c2ccc(Cl)cc2)cc1OC. The van der Waals surface area contributed by atoms with E-state index < -0.39 is 28.6 Å². The minimum Gasteiger partial charge on any atom is -0.493 e. The number of hydrogen-bond donors (Lipinski definition) is 1. The summed E-state index contributed by atoms with van der Waals surface area (Å²) >= 11 is 5.99. The van der Waals surface area contributed by atoms with Crippen molar-refractivity contribution in [2.75, 3.05) is 38.2 Å². The summed E-state index contributed by atoms with van der Waals surface area (Å²) in [5.74, 6) is 1.32. The first kappa shape index (κ1) is 25.5. The molecule has 1 amide bonds. The summed E-state index contributed by atoms with van der Waals surface area (Å²) in [6.07, 6.45) is -0.421. The number of nitrogens with zero attached hydrogens (tertiary/aromatic N) is 1. The summed E-state index contributed by atoms with van der Waals surface area (Å²) in [5.41, 5.74) is 0.274. The molecule has 190 valence electrons. The van der Waals surface area contributed by atoms with E-state index in [0.29, 0.717) is 22.3 Å². The molecule has 3 aromatic carbocycles.